The van der Waals surface area contributed by atoms with Gasteiger partial charge in [0, 0.05) is 19.5 Å². The summed E-state index contributed by atoms with van der Waals surface area (Å²) in [6, 6.07) is 11.5. The van der Waals surface area contributed by atoms with Crippen LogP contribution in [-0.4, -0.2) is 32.0 Å². The first-order valence-electron chi connectivity index (χ1n) is 5.97. The van der Waals surface area contributed by atoms with Crippen LogP contribution in [0.1, 0.15) is 10.9 Å². The molecule has 0 saturated carbocycles. The quantitative estimate of drug-likeness (QED) is 0.806. The summed E-state index contributed by atoms with van der Waals surface area (Å²) >= 11 is 6.29. The van der Waals surface area contributed by atoms with Crippen LogP contribution in [0.4, 0.5) is 0 Å². The van der Waals surface area contributed by atoms with Gasteiger partial charge < -0.3 is 9.64 Å². The summed E-state index contributed by atoms with van der Waals surface area (Å²) in [4.78, 5) is 13.5. The van der Waals surface area contributed by atoms with Crippen LogP contribution < -0.4 is 4.74 Å². The van der Waals surface area contributed by atoms with Gasteiger partial charge in [0.15, 0.2) is 0 Å². The van der Waals surface area contributed by atoms with Gasteiger partial charge in [-0.15, -0.1) is 11.6 Å². The molecule has 0 radical (unpaired) electrons. The fourth-order valence-corrected chi connectivity index (χ4v) is 2.44. The van der Waals surface area contributed by atoms with Crippen molar-refractivity contribution in [3.63, 3.8) is 0 Å². The molecule has 0 aliphatic heterocycles. The number of carbonyl (C=O) groups is 1. The summed E-state index contributed by atoms with van der Waals surface area (Å²) in [6.07, 6.45) is 0. The summed E-state index contributed by atoms with van der Waals surface area (Å²) in [6.45, 7) is 0. The summed E-state index contributed by atoms with van der Waals surface area (Å²) in [5.41, 5.74) is 0.803. The average Bonchev–Trinajstić information content (AvgIpc) is 2.44. The molecule has 0 aliphatic carbocycles. The predicted octanol–water partition coefficient (Wildman–Crippen LogP) is 3.22. The monoisotopic (exact) mass is 277 g/mol. The molecule has 19 heavy (non-hydrogen) atoms. The number of nitrogens with zero attached hydrogens (tertiary/aromatic N) is 1. The lowest BCUT2D eigenvalue weighted by Crippen LogP contribution is -2.25. The molecule has 0 fully saturated rings. The first-order valence-corrected chi connectivity index (χ1v) is 6.40. The lowest BCUT2D eigenvalue weighted by molar-refractivity contribution is -0.128. The van der Waals surface area contributed by atoms with Gasteiger partial charge in [0.1, 0.15) is 11.1 Å². The molecule has 0 aromatic heterocycles. The minimum atomic E-state index is -0.689. The highest BCUT2D eigenvalue weighted by Crippen LogP contribution is 2.34. The highest BCUT2D eigenvalue weighted by Gasteiger charge is 2.22. The Morgan fingerprint density at radius 2 is 1.79 bits per heavy atom. The molecular formula is C15H16ClNO2. The Morgan fingerprint density at radius 3 is 2.37 bits per heavy atom. The second-order valence-corrected chi connectivity index (χ2v) is 4.93. The predicted molar refractivity (Wildman–Crippen MR) is 77.8 cm³/mol. The normalized spacial score (nSPS) is 12.2. The number of rotatable bonds is 3. The van der Waals surface area contributed by atoms with Crippen molar-refractivity contribution in [2.45, 2.75) is 5.38 Å². The number of methoxy groups -OCH3 is 1. The summed E-state index contributed by atoms with van der Waals surface area (Å²) < 4.78 is 5.33. The zero-order valence-electron chi connectivity index (χ0n) is 11.2. The molecule has 1 atom stereocenters. The Bertz CT molecular complexity index is 610. The third-order valence-electron chi connectivity index (χ3n) is 3.07. The highest BCUT2D eigenvalue weighted by atomic mass is 35.5. The smallest absolute Gasteiger partial charge is 0.244 e. The lowest BCUT2D eigenvalue weighted by atomic mass is 10.0. The number of halogens is 1. The molecular weight excluding hydrogens is 262 g/mol. The third-order valence-corrected chi connectivity index (χ3v) is 3.49. The molecule has 0 bridgehead atoms. The molecule has 0 saturated heterocycles. The van der Waals surface area contributed by atoms with Crippen molar-refractivity contribution in [2.75, 3.05) is 21.2 Å². The van der Waals surface area contributed by atoms with E-state index in [1.165, 1.54) is 4.90 Å². The number of likely N-dealkylation sites (N-methyl/N-ethyl adjacent to an activating group) is 1. The maximum Gasteiger partial charge on any atom is 0.244 e. The van der Waals surface area contributed by atoms with E-state index < -0.39 is 5.38 Å². The summed E-state index contributed by atoms with van der Waals surface area (Å²) in [7, 11) is 5.03. The Morgan fingerprint density at radius 1 is 1.16 bits per heavy atom. The molecule has 0 aliphatic rings. The van der Waals surface area contributed by atoms with E-state index in [4.69, 9.17) is 16.3 Å². The van der Waals surface area contributed by atoms with E-state index in [2.05, 4.69) is 0 Å². The zero-order chi connectivity index (χ0) is 14.0. The minimum Gasteiger partial charge on any atom is -0.496 e. The number of amides is 1. The van der Waals surface area contributed by atoms with Gasteiger partial charge in [-0.05, 0) is 17.0 Å². The van der Waals surface area contributed by atoms with E-state index >= 15 is 0 Å². The molecule has 1 unspecified atom stereocenters. The van der Waals surface area contributed by atoms with Gasteiger partial charge in [-0.3, -0.25) is 4.79 Å². The van der Waals surface area contributed by atoms with Gasteiger partial charge in [0.25, 0.3) is 0 Å². The number of hydrogen-bond donors (Lipinski definition) is 0. The van der Waals surface area contributed by atoms with Gasteiger partial charge in [-0.1, -0.05) is 30.3 Å². The second-order valence-electron chi connectivity index (χ2n) is 4.50. The number of carbonyl (C=O) groups excluding carboxylic acids is 1. The van der Waals surface area contributed by atoms with Crippen LogP contribution in [0.2, 0.25) is 0 Å². The molecule has 3 nitrogen and oxygen atoms in total. The largest absolute Gasteiger partial charge is 0.496 e. The van der Waals surface area contributed by atoms with Gasteiger partial charge in [0.05, 0.1) is 7.11 Å². The molecule has 0 spiro atoms. The highest BCUT2D eigenvalue weighted by molar-refractivity contribution is 6.31. The van der Waals surface area contributed by atoms with Crippen LogP contribution in [0.3, 0.4) is 0 Å². The molecule has 100 valence electrons. The Balaban J connectivity index is 2.59. The molecule has 2 aromatic rings. The SMILES string of the molecule is COc1ccc(C(Cl)C(=O)N(C)C)c2ccccc12. The lowest BCUT2D eigenvalue weighted by Gasteiger charge is -2.18. The van der Waals surface area contributed by atoms with E-state index in [1.807, 2.05) is 36.4 Å². The number of alkyl halides is 1. The standard InChI is InChI=1S/C15H16ClNO2/c1-17(2)15(18)14(16)12-8-9-13(19-3)11-7-5-4-6-10(11)12/h4-9,14H,1-3H3. The van der Waals surface area contributed by atoms with Gasteiger partial charge in [0.2, 0.25) is 5.91 Å². The zero-order valence-corrected chi connectivity index (χ0v) is 11.9. The minimum absolute atomic E-state index is 0.128. The number of ether oxygens (including phenoxy) is 1. The van der Waals surface area contributed by atoms with Crippen molar-refractivity contribution < 1.29 is 9.53 Å². The van der Waals surface area contributed by atoms with Crippen LogP contribution in [0, 0.1) is 0 Å². The van der Waals surface area contributed by atoms with Crippen molar-refractivity contribution in [3.05, 3.63) is 42.0 Å². The van der Waals surface area contributed by atoms with Crippen LogP contribution in [0.5, 0.6) is 5.75 Å². The fourth-order valence-electron chi connectivity index (χ4n) is 2.05. The van der Waals surface area contributed by atoms with E-state index in [0.717, 1.165) is 22.1 Å². The number of benzene rings is 2. The van der Waals surface area contributed by atoms with Gasteiger partial charge >= 0.3 is 0 Å². The number of hydrogen-bond acceptors (Lipinski definition) is 2. The van der Waals surface area contributed by atoms with Gasteiger partial charge in [-0.25, -0.2) is 0 Å². The van der Waals surface area contributed by atoms with E-state index in [-0.39, 0.29) is 5.91 Å². The Hall–Kier alpha value is -1.74. The summed E-state index contributed by atoms with van der Waals surface area (Å²) in [5, 5.41) is 1.21. The van der Waals surface area contributed by atoms with Gasteiger partial charge in [-0.2, -0.15) is 0 Å². The van der Waals surface area contributed by atoms with Crippen molar-refractivity contribution in [1.29, 1.82) is 0 Å². The van der Waals surface area contributed by atoms with Crippen molar-refractivity contribution >= 4 is 28.3 Å². The molecule has 0 heterocycles. The third kappa shape index (κ3) is 2.51. The van der Waals surface area contributed by atoms with Crippen molar-refractivity contribution in [1.82, 2.24) is 4.90 Å². The van der Waals surface area contributed by atoms with Crippen LogP contribution in [-0.2, 0) is 4.79 Å². The maximum absolute atomic E-state index is 12.0. The van der Waals surface area contributed by atoms with Crippen LogP contribution in [0.25, 0.3) is 10.8 Å². The van der Waals surface area contributed by atoms with Crippen LogP contribution in [0.15, 0.2) is 36.4 Å². The average molecular weight is 278 g/mol. The Kier molecular flexibility index (Phi) is 3.96. The molecule has 4 heteroatoms. The van der Waals surface area contributed by atoms with E-state index in [9.17, 15) is 4.79 Å². The molecule has 0 N–H and O–H groups in total. The Labute approximate surface area is 117 Å². The maximum atomic E-state index is 12.0. The fraction of sp³-hybridized carbons (Fsp3) is 0.267. The van der Waals surface area contributed by atoms with E-state index in [0.29, 0.717) is 0 Å². The van der Waals surface area contributed by atoms with E-state index in [1.54, 1.807) is 21.2 Å². The topological polar surface area (TPSA) is 29.5 Å². The van der Waals surface area contributed by atoms with Crippen molar-refractivity contribution in [2.24, 2.45) is 0 Å². The summed E-state index contributed by atoms with van der Waals surface area (Å²) in [5.74, 6) is 0.650. The van der Waals surface area contributed by atoms with Crippen molar-refractivity contribution in [3.8, 4) is 5.75 Å². The molecule has 2 aromatic carbocycles. The number of fused-ring (bicyclic) bond motifs is 1. The second kappa shape index (κ2) is 5.49. The molecule has 2 rings (SSSR count). The molecule has 1 amide bonds. The van der Waals surface area contributed by atoms with Crippen LogP contribution >= 0.6 is 11.6 Å². The first-order chi connectivity index (χ1) is 9.06. The first kappa shape index (κ1) is 13.7.